The van der Waals surface area contributed by atoms with E-state index in [9.17, 15) is 13.2 Å². The van der Waals surface area contributed by atoms with Crippen LogP contribution < -0.4 is 0 Å². The fourth-order valence-electron chi connectivity index (χ4n) is 0.434. The van der Waals surface area contributed by atoms with Gasteiger partial charge in [-0.2, -0.15) is 0 Å². The highest BCUT2D eigenvalue weighted by atomic mass is 19.1. The normalized spacial score (nSPS) is 10.5. The first-order chi connectivity index (χ1) is 5.24. The second-order valence-electron chi connectivity index (χ2n) is 2.14. The summed E-state index contributed by atoms with van der Waals surface area (Å²) >= 11 is 0. The zero-order valence-electron chi connectivity index (χ0n) is 5.91. The quantitative estimate of drug-likeness (QED) is 0.617. The Hall–Kier alpha value is -0.690. The van der Waals surface area contributed by atoms with Crippen LogP contribution >= 0.6 is 0 Å². The zero-order chi connectivity index (χ0) is 8.74. The first kappa shape index (κ1) is 10.3. The van der Waals surface area contributed by atoms with Crippen LogP contribution in [0.1, 0.15) is 0 Å². The predicted octanol–water partition coefficient (Wildman–Crippen LogP) is 0.877. The van der Waals surface area contributed by atoms with Gasteiger partial charge in [0.05, 0.1) is 0 Å². The average Bonchev–Trinajstić information content (AvgIpc) is 2.08. The number of rotatable bonds is 3. The molecule has 0 saturated carbocycles. The minimum atomic E-state index is -1.84. The van der Waals surface area contributed by atoms with Gasteiger partial charge in [-0.1, -0.05) is 11.8 Å². The number of hydrogen-bond acceptors (Lipinski definition) is 1. The Morgan fingerprint density at radius 2 is 1.55 bits per heavy atom. The van der Waals surface area contributed by atoms with Gasteiger partial charge in [0.1, 0.15) is 32.0 Å². The molecule has 64 valence electrons. The Morgan fingerprint density at radius 1 is 1.09 bits per heavy atom. The standard InChI is InChI=1S/C7H9F3O/c8-4-7(5-9,6-10)2-1-3-11/h11H,3-6H2. The van der Waals surface area contributed by atoms with E-state index in [4.69, 9.17) is 5.11 Å². The maximum absolute atomic E-state index is 12.0. The van der Waals surface area contributed by atoms with Crippen molar-refractivity contribution < 1.29 is 18.3 Å². The molecule has 11 heavy (non-hydrogen) atoms. The molecule has 0 aromatic rings. The first-order valence-corrected chi connectivity index (χ1v) is 3.03. The van der Waals surface area contributed by atoms with Gasteiger partial charge in [0.2, 0.25) is 0 Å². The molecule has 0 spiro atoms. The van der Waals surface area contributed by atoms with Crippen molar-refractivity contribution >= 4 is 0 Å². The van der Waals surface area contributed by atoms with E-state index in [0.717, 1.165) is 0 Å². The molecule has 1 N–H and O–H groups in total. The Morgan fingerprint density at radius 3 is 1.82 bits per heavy atom. The van der Waals surface area contributed by atoms with Crippen LogP contribution in [0, 0.1) is 17.3 Å². The molecule has 0 amide bonds. The zero-order valence-corrected chi connectivity index (χ0v) is 5.91. The van der Waals surface area contributed by atoms with Gasteiger partial charge in [-0.3, -0.25) is 0 Å². The molecule has 0 radical (unpaired) electrons. The van der Waals surface area contributed by atoms with Crippen molar-refractivity contribution in [2.45, 2.75) is 0 Å². The van der Waals surface area contributed by atoms with Crippen molar-refractivity contribution in [1.82, 2.24) is 0 Å². The van der Waals surface area contributed by atoms with E-state index >= 15 is 0 Å². The highest BCUT2D eigenvalue weighted by Gasteiger charge is 2.28. The van der Waals surface area contributed by atoms with E-state index in [-0.39, 0.29) is 0 Å². The lowest BCUT2D eigenvalue weighted by molar-refractivity contribution is 0.173. The van der Waals surface area contributed by atoms with Crippen molar-refractivity contribution in [3.63, 3.8) is 0 Å². The minimum Gasteiger partial charge on any atom is -0.384 e. The monoisotopic (exact) mass is 166 g/mol. The molecular weight excluding hydrogens is 157 g/mol. The molecule has 4 heteroatoms. The van der Waals surface area contributed by atoms with Crippen LogP contribution in [0.3, 0.4) is 0 Å². The number of hydrogen-bond donors (Lipinski definition) is 1. The van der Waals surface area contributed by atoms with Crippen molar-refractivity contribution in [3.05, 3.63) is 0 Å². The fraction of sp³-hybridized carbons (Fsp3) is 0.714. The molecule has 0 fully saturated rings. The molecule has 0 bridgehead atoms. The smallest absolute Gasteiger partial charge is 0.116 e. The van der Waals surface area contributed by atoms with E-state index in [1.54, 1.807) is 0 Å². The van der Waals surface area contributed by atoms with Gasteiger partial charge >= 0.3 is 0 Å². The molecule has 0 atom stereocenters. The Bertz CT molecular complexity index is 147. The minimum absolute atomic E-state index is 0.512. The average molecular weight is 166 g/mol. The van der Waals surface area contributed by atoms with E-state index in [1.165, 1.54) is 0 Å². The lowest BCUT2D eigenvalue weighted by Crippen LogP contribution is -2.26. The fourth-order valence-corrected chi connectivity index (χ4v) is 0.434. The van der Waals surface area contributed by atoms with Crippen molar-refractivity contribution in [3.8, 4) is 11.8 Å². The Labute approximate surface area is 63.2 Å². The lowest BCUT2D eigenvalue weighted by atomic mass is 9.94. The summed E-state index contributed by atoms with van der Waals surface area (Å²) in [5, 5.41) is 8.18. The van der Waals surface area contributed by atoms with Gasteiger partial charge in [-0.15, -0.1) is 0 Å². The number of alkyl halides is 3. The maximum Gasteiger partial charge on any atom is 0.116 e. The molecular formula is C7H9F3O. The van der Waals surface area contributed by atoms with E-state index in [1.807, 2.05) is 11.8 Å². The van der Waals surface area contributed by atoms with Crippen LogP contribution in [0.2, 0.25) is 0 Å². The van der Waals surface area contributed by atoms with Crippen LogP contribution in [0.4, 0.5) is 13.2 Å². The Kier molecular flexibility index (Phi) is 4.71. The van der Waals surface area contributed by atoms with Crippen LogP contribution in [0.15, 0.2) is 0 Å². The van der Waals surface area contributed by atoms with Gasteiger partial charge in [0.15, 0.2) is 0 Å². The molecule has 0 aromatic heterocycles. The van der Waals surface area contributed by atoms with Gasteiger partial charge in [-0.05, 0) is 0 Å². The maximum atomic E-state index is 12.0. The van der Waals surface area contributed by atoms with Crippen LogP contribution in [-0.2, 0) is 0 Å². The van der Waals surface area contributed by atoms with Crippen molar-refractivity contribution in [2.24, 2.45) is 5.41 Å². The second kappa shape index (κ2) is 5.03. The summed E-state index contributed by atoms with van der Waals surface area (Å²) < 4.78 is 35.9. The number of aliphatic hydroxyl groups is 1. The van der Waals surface area contributed by atoms with Crippen LogP contribution in [0.5, 0.6) is 0 Å². The summed E-state index contributed by atoms with van der Waals surface area (Å²) in [6, 6.07) is 0. The molecule has 0 aliphatic heterocycles. The predicted molar refractivity (Wildman–Crippen MR) is 35.2 cm³/mol. The summed E-state index contributed by atoms with van der Waals surface area (Å²) in [4.78, 5) is 0. The summed E-state index contributed by atoms with van der Waals surface area (Å²) in [7, 11) is 0. The molecule has 1 nitrogen and oxygen atoms in total. The molecule has 0 aliphatic carbocycles. The second-order valence-corrected chi connectivity index (χ2v) is 2.14. The van der Waals surface area contributed by atoms with Crippen LogP contribution in [0.25, 0.3) is 0 Å². The van der Waals surface area contributed by atoms with Gasteiger partial charge in [0, 0.05) is 0 Å². The van der Waals surface area contributed by atoms with Gasteiger partial charge in [-0.25, -0.2) is 13.2 Å². The first-order valence-electron chi connectivity index (χ1n) is 3.03. The summed E-state index contributed by atoms with van der Waals surface area (Å²) in [5.41, 5.74) is -1.84. The SMILES string of the molecule is OCC#CC(CF)(CF)CF. The van der Waals surface area contributed by atoms with Gasteiger partial charge < -0.3 is 5.11 Å². The molecule has 0 unspecified atom stereocenters. The molecule has 0 aromatic carbocycles. The summed E-state index contributed by atoms with van der Waals surface area (Å²) in [6.45, 7) is -4.03. The highest BCUT2D eigenvalue weighted by Crippen LogP contribution is 2.18. The molecule has 0 heterocycles. The highest BCUT2D eigenvalue weighted by molar-refractivity contribution is 5.12. The number of aliphatic hydroxyl groups excluding tert-OH is 1. The van der Waals surface area contributed by atoms with E-state index in [0.29, 0.717) is 0 Å². The third-order valence-corrected chi connectivity index (χ3v) is 1.20. The van der Waals surface area contributed by atoms with Crippen molar-refractivity contribution in [2.75, 3.05) is 26.6 Å². The third kappa shape index (κ3) is 2.81. The summed E-state index contributed by atoms with van der Waals surface area (Å²) in [6.07, 6.45) is 0. The van der Waals surface area contributed by atoms with E-state index < -0.39 is 32.0 Å². The largest absolute Gasteiger partial charge is 0.384 e. The van der Waals surface area contributed by atoms with Gasteiger partial charge in [0.25, 0.3) is 0 Å². The molecule has 0 saturated heterocycles. The summed E-state index contributed by atoms with van der Waals surface area (Å²) in [5.74, 6) is 4.03. The lowest BCUT2D eigenvalue weighted by Gasteiger charge is -2.15. The topological polar surface area (TPSA) is 20.2 Å². The Balaban J connectivity index is 4.28. The molecule has 0 rings (SSSR count). The third-order valence-electron chi connectivity index (χ3n) is 1.20. The van der Waals surface area contributed by atoms with E-state index in [2.05, 4.69) is 0 Å². The van der Waals surface area contributed by atoms with Crippen LogP contribution in [-0.4, -0.2) is 31.7 Å². The molecule has 0 aliphatic rings. The number of halogens is 3. The van der Waals surface area contributed by atoms with Crippen molar-refractivity contribution in [1.29, 1.82) is 0 Å².